The van der Waals surface area contributed by atoms with Gasteiger partial charge in [0.2, 0.25) is 5.91 Å². The number of aromatic nitrogens is 2. The highest BCUT2D eigenvalue weighted by molar-refractivity contribution is 5.73. The summed E-state index contributed by atoms with van der Waals surface area (Å²) in [6, 6.07) is 9.46. The first-order valence-electron chi connectivity index (χ1n) is 9.86. The van der Waals surface area contributed by atoms with Gasteiger partial charge in [0.1, 0.15) is 6.33 Å². The van der Waals surface area contributed by atoms with Crippen LogP contribution in [0.4, 0.5) is 0 Å². The van der Waals surface area contributed by atoms with Crippen molar-refractivity contribution in [2.75, 3.05) is 13.1 Å². The summed E-state index contributed by atoms with van der Waals surface area (Å²) in [6.45, 7) is 8.78. The molecule has 1 aromatic carbocycles. The largest absolute Gasteiger partial charge is 0.335 e. The molecule has 0 aliphatic carbocycles. The fourth-order valence-corrected chi connectivity index (χ4v) is 4.05. The molecule has 1 amide bonds. The molecule has 1 saturated heterocycles. The molecule has 1 aliphatic rings. The second kappa shape index (κ2) is 9.09. The minimum atomic E-state index is 0.129. The number of aryl methyl sites for hydroxylation is 1. The molecule has 1 fully saturated rings. The molecule has 0 saturated carbocycles. The van der Waals surface area contributed by atoms with E-state index in [1.807, 2.05) is 4.90 Å². The first-order chi connectivity index (χ1) is 13.0. The van der Waals surface area contributed by atoms with Crippen molar-refractivity contribution in [1.82, 2.24) is 19.8 Å². The number of carbonyl (C=O) groups excluding carboxylic acids is 1. The van der Waals surface area contributed by atoms with Crippen LogP contribution in [0.15, 0.2) is 43.0 Å². The third-order valence-corrected chi connectivity index (χ3v) is 5.62. The number of benzene rings is 1. The Balaban J connectivity index is 1.66. The van der Waals surface area contributed by atoms with Crippen molar-refractivity contribution in [3.05, 3.63) is 59.7 Å². The molecule has 5 heteroatoms. The van der Waals surface area contributed by atoms with E-state index in [1.54, 1.807) is 19.3 Å². The average Bonchev–Trinajstić information content (AvgIpc) is 2.92. The highest BCUT2D eigenvalue weighted by Gasteiger charge is 2.26. The van der Waals surface area contributed by atoms with Gasteiger partial charge in [-0.2, -0.15) is 0 Å². The summed E-state index contributed by atoms with van der Waals surface area (Å²) in [6.07, 6.45) is 8.28. The van der Waals surface area contributed by atoms with Gasteiger partial charge in [-0.15, -0.1) is 0 Å². The van der Waals surface area contributed by atoms with Gasteiger partial charge in [0, 0.05) is 50.1 Å². The molecule has 5 nitrogen and oxygen atoms in total. The lowest BCUT2D eigenvalue weighted by atomic mass is 10.0. The number of amides is 1. The molecule has 0 radical (unpaired) electrons. The molecule has 144 valence electrons. The molecule has 2 aromatic rings. The smallest absolute Gasteiger partial charge is 0.219 e. The standard InChI is InChI=1S/C22H30N4O/c1-17-6-4-7-21(12-17)18(2)25-10-5-8-22(9-11-25)26(19(3)27)15-20-13-23-16-24-14-20/h4,6-7,12-14,16,18,22H,5,8-11,15H2,1-3H3/t18-,22-/m0/s1. The Labute approximate surface area is 162 Å². The number of rotatable bonds is 5. The summed E-state index contributed by atoms with van der Waals surface area (Å²) in [5.74, 6) is 0.129. The first-order valence-corrected chi connectivity index (χ1v) is 9.86. The first kappa shape index (κ1) is 19.5. The van der Waals surface area contributed by atoms with E-state index in [0.29, 0.717) is 12.6 Å². The predicted molar refractivity (Wildman–Crippen MR) is 107 cm³/mol. The van der Waals surface area contributed by atoms with Gasteiger partial charge in [-0.05, 0) is 45.2 Å². The number of hydrogen-bond donors (Lipinski definition) is 0. The normalized spacial score (nSPS) is 19.3. The SMILES string of the molecule is CC(=O)N(Cc1cncnc1)[C@H]1CCCN([C@@H](C)c2cccc(C)c2)CC1. The predicted octanol–water partition coefficient (Wildman–Crippen LogP) is 3.75. The molecule has 3 rings (SSSR count). The second-order valence-electron chi connectivity index (χ2n) is 7.60. The molecule has 0 N–H and O–H groups in total. The minimum absolute atomic E-state index is 0.129. The Hall–Kier alpha value is -2.27. The second-order valence-corrected chi connectivity index (χ2v) is 7.60. The number of hydrogen-bond acceptors (Lipinski definition) is 4. The summed E-state index contributed by atoms with van der Waals surface area (Å²) in [7, 11) is 0. The van der Waals surface area contributed by atoms with Crippen LogP contribution in [0.5, 0.6) is 0 Å². The number of likely N-dealkylation sites (tertiary alicyclic amines) is 1. The number of nitrogens with zero attached hydrogens (tertiary/aromatic N) is 4. The Morgan fingerprint density at radius 3 is 2.74 bits per heavy atom. The molecule has 2 heterocycles. The van der Waals surface area contributed by atoms with Crippen molar-refractivity contribution in [3.63, 3.8) is 0 Å². The van der Waals surface area contributed by atoms with E-state index in [2.05, 4.69) is 53.0 Å². The molecule has 27 heavy (non-hydrogen) atoms. The number of carbonyl (C=O) groups is 1. The van der Waals surface area contributed by atoms with Crippen molar-refractivity contribution in [2.24, 2.45) is 0 Å². The lowest BCUT2D eigenvalue weighted by molar-refractivity contribution is -0.132. The summed E-state index contributed by atoms with van der Waals surface area (Å²) in [5, 5.41) is 0. The van der Waals surface area contributed by atoms with Crippen LogP contribution in [-0.2, 0) is 11.3 Å². The molecule has 1 aromatic heterocycles. The maximum absolute atomic E-state index is 12.3. The molecule has 1 aliphatic heterocycles. The zero-order valence-electron chi connectivity index (χ0n) is 16.6. The molecule has 0 bridgehead atoms. The Kier molecular flexibility index (Phi) is 6.56. The summed E-state index contributed by atoms with van der Waals surface area (Å²) < 4.78 is 0. The van der Waals surface area contributed by atoms with E-state index < -0.39 is 0 Å². The molecular formula is C22H30N4O. The van der Waals surface area contributed by atoms with Crippen LogP contribution in [0.1, 0.15) is 55.8 Å². The van der Waals surface area contributed by atoms with Gasteiger partial charge >= 0.3 is 0 Å². The van der Waals surface area contributed by atoms with E-state index in [0.717, 1.165) is 37.9 Å². The van der Waals surface area contributed by atoms with Crippen molar-refractivity contribution < 1.29 is 4.79 Å². The van der Waals surface area contributed by atoms with Gasteiger partial charge in [0.25, 0.3) is 0 Å². The van der Waals surface area contributed by atoms with E-state index in [-0.39, 0.29) is 11.9 Å². The van der Waals surface area contributed by atoms with Crippen molar-refractivity contribution in [1.29, 1.82) is 0 Å². The third-order valence-electron chi connectivity index (χ3n) is 5.62. The average molecular weight is 367 g/mol. The highest BCUT2D eigenvalue weighted by Crippen LogP contribution is 2.26. The molecule has 2 atom stereocenters. The van der Waals surface area contributed by atoms with Crippen LogP contribution in [0.25, 0.3) is 0 Å². The zero-order valence-corrected chi connectivity index (χ0v) is 16.6. The Morgan fingerprint density at radius 2 is 2.04 bits per heavy atom. The van der Waals surface area contributed by atoms with E-state index in [1.165, 1.54) is 17.5 Å². The van der Waals surface area contributed by atoms with Crippen molar-refractivity contribution in [2.45, 2.75) is 58.7 Å². The monoisotopic (exact) mass is 366 g/mol. The van der Waals surface area contributed by atoms with Gasteiger partial charge in [0.15, 0.2) is 0 Å². The van der Waals surface area contributed by atoms with Crippen LogP contribution in [0, 0.1) is 6.92 Å². The third kappa shape index (κ3) is 5.13. The summed E-state index contributed by atoms with van der Waals surface area (Å²) in [4.78, 5) is 25.0. The van der Waals surface area contributed by atoms with Crippen LogP contribution < -0.4 is 0 Å². The fraction of sp³-hybridized carbons (Fsp3) is 0.500. The quantitative estimate of drug-likeness (QED) is 0.809. The zero-order chi connectivity index (χ0) is 19.2. The van der Waals surface area contributed by atoms with Gasteiger partial charge in [-0.25, -0.2) is 9.97 Å². The maximum atomic E-state index is 12.3. The minimum Gasteiger partial charge on any atom is -0.335 e. The van der Waals surface area contributed by atoms with Crippen LogP contribution in [-0.4, -0.2) is 44.8 Å². The Bertz CT molecular complexity index is 749. The Morgan fingerprint density at radius 1 is 1.26 bits per heavy atom. The van der Waals surface area contributed by atoms with Gasteiger partial charge in [-0.3, -0.25) is 9.69 Å². The summed E-state index contributed by atoms with van der Waals surface area (Å²) in [5.41, 5.74) is 3.67. The lowest BCUT2D eigenvalue weighted by Crippen LogP contribution is -2.39. The van der Waals surface area contributed by atoms with Crippen LogP contribution in [0.3, 0.4) is 0 Å². The van der Waals surface area contributed by atoms with Crippen molar-refractivity contribution >= 4 is 5.91 Å². The molecule has 0 unspecified atom stereocenters. The highest BCUT2D eigenvalue weighted by atomic mass is 16.2. The summed E-state index contributed by atoms with van der Waals surface area (Å²) >= 11 is 0. The van der Waals surface area contributed by atoms with Crippen LogP contribution >= 0.6 is 0 Å². The van der Waals surface area contributed by atoms with Gasteiger partial charge < -0.3 is 4.90 Å². The molecular weight excluding hydrogens is 336 g/mol. The van der Waals surface area contributed by atoms with Crippen molar-refractivity contribution in [3.8, 4) is 0 Å². The van der Waals surface area contributed by atoms with E-state index in [4.69, 9.17) is 0 Å². The lowest BCUT2D eigenvalue weighted by Gasteiger charge is -2.31. The molecule has 0 spiro atoms. The topological polar surface area (TPSA) is 49.3 Å². The fourth-order valence-electron chi connectivity index (χ4n) is 4.05. The van der Waals surface area contributed by atoms with Gasteiger partial charge in [-0.1, -0.05) is 29.8 Å². The van der Waals surface area contributed by atoms with E-state index in [9.17, 15) is 4.79 Å². The van der Waals surface area contributed by atoms with Gasteiger partial charge in [0.05, 0.1) is 0 Å². The van der Waals surface area contributed by atoms with Crippen LogP contribution in [0.2, 0.25) is 0 Å². The van der Waals surface area contributed by atoms with E-state index >= 15 is 0 Å². The maximum Gasteiger partial charge on any atom is 0.219 e.